The van der Waals surface area contributed by atoms with Crippen LogP contribution in [-0.4, -0.2) is 47.8 Å². The molecule has 2 aromatic rings. The summed E-state index contributed by atoms with van der Waals surface area (Å²) in [5.41, 5.74) is 2.45. The van der Waals surface area contributed by atoms with Gasteiger partial charge in [0.1, 0.15) is 0 Å². The minimum atomic E-state index is 0.130. The molecule has 156 valence electrons. The highest BCUT2D eigenvalue weighted by atomic mass is 32.2. The minimum absolute atomic E-state index is 0.130. The summed E-state index contributed by atoms with van der Waals surface area (Å²) in [6, 6.07) is 14.5. The van der Waals surface area contributed by atoms with Crippen molar-refractivity contribution in [2.24, 2.45) is 5.92 Å². The van der Waals surface area contributed by atoms with E-state index in [-0.39, 0.29) is 11.8 Å². The average molecular weight is 414 g/mol. The molecule has 0 saturated carbocycles. The van der Waals surface area contributed by atoms with Crippen LogP contribution >= 0.6 is 11.8 Å². The van der Waals surface area contributed by atoms with Crippen molar-refractivity contribution >= 4 is 17.7 Å². The number of nitrogens with zero attached hydrogens (tertiary/aromatic N) is 2. The molecular formula is C23H31N3O2S. The SMILES string of the molecule is CCOc1ncccc1CN1CCC(C(=O)NCCSCc2ccccc2)CC1. The van der Waals surface area contributed by atoms with Crippen LogP contribution in [0, 0.1) is 5.92 Å². The highest BCUT2D eigenvalue weighted by Gasteiger charge is 2.25. The van der Waals surface area contributed by atoms with Crippen molar-refractivity contribution in [2.75, 3.05) is 32.0 Å². The summed E-state index contributed by atoms with van der Waals surface area (Å²) in [6.07, 6.45) is 3.59. The van der Waals surface area contributed by atoms with Crippen LogP contribution in [0.2, 0.25) is 0 Å². The van der Waals surface area contributed by atoms with Crippen LogP contribution in [-0.2, 0) is 17.1 Å². The lowest BCUT2D eigenvalue weighted by Crippen LogP contribution is -2.40. The molecule has 5 nitrogen and oxygen atoms in total. The molecule has 1 amide bonds. The maximum Gasteiger partial charge on any atom is 0.223 e. The second-order valence-corrected chi connectivity index (χ2v) is 8.39. The van der Waals surface area contributed by atoms with Gasteiger partial charge in [-0.3, -0.25) is 9.69 Å². The van der Waals surface area contributed by atoms with E-state index in [1.165, 1.54) is 5.56 Å². The van der Waals surface area contributed by atoms with Gasteiger partial charge >= 0.3 is 0 Å². The Bertz CT molecular complexity index is 749. The Balaban J connectivity index is 1.33. The van der Waals surface area contributed by atoms with Crippen LogP contribution in [0.3, 0.4) is 0 Å². The van der Waals surface area contributed by atoms with Gasteiger partial charge in [-0.25, -0.2) is 4.98 Å². The van der Waals surface area contributed by atoms with E-state index in [1.807, 2.05) is 30.8 Å². The number of hydrogen-bond donors (Lipinski definition) is 1. The van der Waals surface area contributed by atoms with Crippen LogP contribution in [0.15, 0.2) is 48.7 Å². The van der Waals surface area contributed by atoms with E-state index in [0.717, 1.165) is 62.0 Å². The van der Waals surface area contributed by atoms with E-state index in [9.17, 15) is 4.79 Å². The van der Waals surface area contributed by atoms with Crippen molar-refractivity contribution in [1.82, 2.24) is 15.2 Å². The van der Waals surface area contributed by atoms with Crippen LogP contribution in [0.25, 0.3) is 0 Å². The Morgan fingerprint density at radius 3 is 2.76 bits per heavy atom. The number of carbonyl (C=O) groups is 1. The molecule has 1 aliphatic heterocycles. The van der Waals surface area contributed by atoms with Gasteiger partial charge in [-0.1, -0.05) is 36.4 Å². The normalized spacial score (nSPS) is 15.2. The smallest absolute Gasteiger partial charge is 0.223 e. The molecule has 2 heterocycles. The first kappa shape index (κ1) is 21.7. The zero-order valence-electron chi connectivity index (χ0n) is 17.2. The number of carbonyl (C=O) groups excluding carboxylic acids is 1. The van der Waals surface area contributed by atoms with E-state index >= 15 is 0 Å². The number of thioether (sulfide) groups is 1. The summed E-state index contributed by atoms with van der Waals surface area (Å²) < 4.78 is 5.63. The number of ether oxygens (including phenoxy) is 1. The molecule has 1 aliphatic rings. The molecule has 0 aliphatic carbocycles. The quantitative estimate of drug-likeness (QED) is 0.602. The summed E-state index contributed by atoms with van der Waals surface area (Å²) in [5.74, 6) is 3.00. The zero-order chi connectivity index (χ0) is 20.3. The molecule has 3 rings (SSSR count). The average Bonchev–Trinajstić information content (AvgIpc) is 2.76. The monoisotopic (exact) mass is 413 g/mol. The molecule has 0 radical (unpaired) electrons. The number of likely N-dealkylation sites (tertiary alicyclic amines) is 1. The number of pyridine rings is 1. The molecule has 0 bridgehead atoms. The van der Waals surface area contributed by atoms with Gasteiger partial charge in [-0.05, 0) is 44.5 Å². The third-order valence-electron chi connectivity index (χ3n) is 5.14. The molecule has 1 saturated heterocycles. The summed E-state index contributed by atoms with van der Waals surface area (Å²) in [5, 5.41) is 3.12. The van der Waals surface area contributed by atoms with E-state index in [1.54, 1.807) is 6.20 Å². The molecule has 0 unspecified atom stereocenters. The fourth-order valence-electron chi connectivity index (χ4n) is 3.56. The first-order valence-electron chi connectivity index (χ1n) is 10.4. The molecule has 0 atom stereocenters. The maximum absolute atomic E-state index is 12.5. The third-order valence-corrected chi connectivity index (χ3v) is 6.17. The van der Waals surface area contributed by atoms with Gasteiger partial charge in [0, 0.05) is 42.3 Å². The lowest BCUT2D eigenvalue weighted by Gasteiger charge is -2.31. The Morgan fingerprint density at radius 2 is 2.00 bits per heavy atom. The molecule has 6 heteroatoms. The minimum Gasteiger partial charge on any atom is -0.478 e. The highest BCUT2D eigenvalue weighted by Crippen LogP contribution is 2.22. The first-order valence-corrected chi connectivity index (χ1v) is 11.6. The lowest BCUT2D eigenvalue weighted by molar-refractivity contribution is -0.126. The van der Waals surface area contributed by atoms with Crippen molar-refractivity contribution in [3.8, 4) is 5.88 Å². The largest absolute Gasteiger partial charge is 0.478 e. The van der Waals surface area contributed by atoms with Gasteiger partial charge < -0.3 is 10.1 Å². The van der Waals surface area contributed by atoms with Gasteiger partial charge in [0.2, 0.25) is 11.8 Å². The summed E-state index contributed by atoms with van der Waals surface area (Å²) >= 11 is 1.86. The summed E-state index contributed by atoms with van der Waals surface area (Å²) in [4.78, 5) is 19.2. The standard InChI is InChI=1S/C23H31N3O2S/c1-2-28-23-21(9-6-12-25-23)17-26-14-10-20(11-15-26)22(27)24-13-16-29-18-19-7-4-3-5-8-19/h3-9,12,20H,2,10-11,13-18H2,1H3,(H,24,27). The van der Waals surface area contributed by atoms with E-state index in [0.29, 0.717) is 6.61 Å². The zero-order valence-corrected chi connectivity index (χ0v) is 18.0. The molecular weight excluding hydrogens is 382 g/mol. The topological polar surface area (TPSA) is 54.5 Å². The van der Waals surface area contributed by atoms with Crippen molar-refractivity contribution in [1.29, 1.82) is 0 Å². The van der Waals surface area contributed by atoms with Crippen molar-refractivity contribution in [2.45, 2.75) is 32.1 Å². The van der Waals surface area contributed by atoms with E-state index in [2.05, 4.69) is 45.5 Å². The number of hydrogen-bond acceptors (Lipinski definition) is 5. The van der Waals surface area contributed by atoms with E-state index in [4.69, 9.17) is 4.74 Å². The molecule has 1 N–H and O–H groups in total. The second-order valence-electron chi connectivity index (χ2n) is 7.28. The molecule has 1 aromatic heterocycles. The predicted molar refractivity (Wildman–Crippen MR) is 119 cm³/mol. The highest BCUT2D eigenvalue weighted by molar-refractivity contribution is 7.98. The fourth-order valence-corrected chi connectivity index (χ4v) is 4.38. The number of benzene rings is 1. The Morgan fingerprint density at radius 1 is 1.21 bits per heavy atom. The molecule has 1 fully saturated rings. The number of amides is 1. The van der Waals surface area contributed by atoms with Crippen molar-refractivity contribution in [3.63, 3.8) is 0 Å². The summed E-state index contributed by atoms with van der Waals surface area (Å²) in [6.45, 7) is 6.03. The first-order chi connectivity index (χ1) is 14.3. The Labute approximate surface area is 178 Å². The van der Waals surface area contributed by atoms with Crippen molar-refractivity contribution < 1.29 is 9.53 Å². The van der Waals surface area contributed by atoms with Gasteiger partial charge in [-0.2, -0.15) is 11.8 Å². The van der Waals surface area contributed by atoms with Crippen LogP contribution in [0.1, 0.15) is 30.9 Å². The Hall–Kier alpha value is -2.05. The van der Waals surface area contributed by atoms with Crippen LogP contribution in [0.4, 0.5) is 0 Å². The van der Waals surface area contributed by atoms with Gasteiger partial charge in [0.25, 0.3) is 0 Å². The number of aromatic nitrogens is 1. The second kappa shape index (κ2) is 11.8. The Kier molecular flexibility index (Phi) is 8.83. The molecule has 29 heavy (non-hydrogen) atoms. The maximum atomic E-state index is 12.5. The van der Waals surface area contributed by atoms with Crippen LogP contribution < -0.4 is 10.1 Å². The summed E-state index contributed by atoms with van der Waals surface area (Å²) in [7, 11) is 0. The lowest BCUT2D eigenvalue weighted by atomic mass is 9.95. The number of piperidine rings is 1. The predicted octanol–water partition coefficient (Wildman–Crippen LogP) is 3.74. The number of nitrogens with one attached hydrogen (secondary N) is 1. The molecule has 1 aromatic carbocycles. The van der Waals surface area contributed by atoms with Gasteiger partial charge in [0.05, 0.1) is 6.61 Å². The van der Waals surface area contributed by atoms with E-state index < -0.39 is 0 Å². The third kappa shape index (κ3) is 7.05. The fraction of sp³-hybridized carbons (Fsp3) is 0.478. The van der Waals surface area contributed by atoms with Gasteiger partial charge in [-0.15, -0.1) is 0 Å². The molecule has 0 spiro atoms. The van der Waals surface area contributed by atoms with Crippen molar-refractivity contribution in [3.05, 3.63) is 59.8 Å². The van der Waals surface area contributed by atoms with Gasteiger partial charge in [0.15, 0.2) is 0 Å². The number of rotatable bonds is 10. The van der Waals surface area contributed by atoms with Crippen LogP contribution in [0.5, 0.6) is 5.88 Å².